The molecule has 2 rings (SSSR count). The smallest absolute Gasteiger partial charge is 0.339 e. The molecule has 0 bridgehead atoms. The molecule has 0 aromatic heterocycles. The lowest BCUT2D eigenvalue weighted by atomic mass is 10.1. The Morgan fingerprint density at radius 2 is 1.96 bits per heavy atom. The molecule has 1 amide bonds. The Morgan fingerprint density at radius 3 is 2.61 bits per heavy atom. The molecule has 0 unspecified atom stereocenters. The van der Waals surface area contributed by atoms with Crippen molar-refractivity contribution in [1.82, 2.24) is 5.43 Å². The molecule has 7 heteroatoms. The third kappa shape index (κ3) is 4.17. The van der Waals surface area contributed by atoms with Crippen molar-refractivity contribution in [3.63, 3.8) is 0 Å². The van der Waals surface area contributed by atoms with Crippen LogP contribution < -0.4 is 10.2 Å². The largest absolute Gasteiger partial charge is 0.496 e. The summed E-state index contributed by atoms with van der Waals surface area (Å²) >= 11 is 3.28. The molecule has 23 heavy (non-hydrogen) atoms. The fourth-order valence-corrected chi connectivity index (χ4v) is 2.31. The van der Waals surface area contributed by atoms with E-state index in [-0.39, 0.29) is 17.2 Å². The van der Waals surface area contributed by atoms with Gasteiger partial charge in [-0.1, -0.05) is 12.1 Å². The lowest BCUT2D eigenvalue weighted by molar-refractivity contribution is 0.0693. The molecule has 0 aliphatic rings. The summed E-state index contributed by atoms with van der Waals surface area (Å²) in [5.41, 5.74) is 3.38. The Bertz CT molecular complexity index is 774. The van der Waals surface area contributed by atoms with Crippen LogP contribution in [-0.4, -0.2) is 30.3 Å². The molecule has 2 aromatic carbocycles. The molecule has 0 fully saturated rings. The molecule has 118 valence electrons. The quantitative estimate of drug-likeness (QED) is 0.620. The molecule has 0 heterocycles. The number of hydrogen-bond donors (Lipinski definition) is 2. The highest BCUT2D eigenvalue weighted by molar-refractivity contribution is 9.10. The van der Waals surface area contributed by atoms with E-state index in [1.807, 2.05) is 0 Å². The van der Waals surface area contributed by atoms with Crippen molar-refractivity contribution >= 4 is 34.0 Å². The van der Waals surface area contributed by atoms with Crippen molar-refractivity contribution < 1.29 is 19.4 Å². The van der Waals surface area contributed by atoms with Crippen LogP contribution in [0.2, 0.25) is 0 Å². The van der Waals surface area contributed by atoms with Crippen LogP contribution in [0.1, 0.15) is 26.3 Å². The summed E-state index contributed by atoms with van der Waals surface area (Å²) in [5, 5.41) is 13.0. The van der Waals surface area contributed by atoms with E-state index in [0.29, 0.717) is 15.6 Å². The van der Waals surface area contributed by atoms with Gasteiger partial charge in [-0.2, -0.15) is 5.10 Å². The second kappa shape index (κ2) is 7.55. The van der Waals surface area contributed by atoms with Gasteiger partial charge in [0, 0.05) is 4.47 Å². The number of hydrazone groups is 1. The first-order chi connectivity index (χ1) is 11.0. The molecule has 0 spiro atoms. The number of carboxylic acids is 1. The van der Waals surface area contributed by atoms with Gasteiger partial charge in [0.05, 0.1) is 18.9 Å². The minimum Gasteiger partial charge on any atom is -0.496 e. The SMILES string of the molecule is COc1ccc(/C=N\NC(=O)c2ccccc2Br)cc1C(=O)O. The van der Waals surface area contributed by atoms with Crippen molar-refractivity contribution in [3.8, 4) is 5.75 Å². The Kier molecular flexibility index (Phi) is 5.48. The summed E-state index contributed by atoms with van der Waals surface area (Å²) in [7, 11) is 1.40. The summed E-state index contributed by atoms with van der Waals surface area (Å²) in [4.78, 5) is 23.1. The van der Waals surface area contributed by atoms with Crippen LogP contribution in [0.25, 0.3) is 0 Å². The van der Waals surface area contributed by atoms with E-state index >= 15 is 0 Å². The zero-order valence-corrected chi connectivity index (χ0v) is 13.7. The van der Waals surface area contributed by atoms with Crippen molar-refractivity contribution in [2.45, 2.75) is 0 Å². The minimum atomic E-state index is -1.10. The molecule has 2 N–H and O–H groups in total. The van der Waals surface area contributed by atoms with Crippen molar-refractivity contribution in [2.75, 3.05) is 7.11 Å². The number of aromatic carboxylic acids is 1. The topological polar surface area (TPSA) is 88.0 Å². The number of carbonyl (C=O) groups excluding carboxylic acids is 1. The number of nitrogens with one attached hydrogen (secondary N) is 1. The van der Waals surface area contributed by atoms with Gasteiger partial charge in [0.25, 0.3) is 5.91 Å². The average Bonchev–Trinajstić information content (AvgIpc) is 2.55. The van der Waals surface area contributed by atoms with Gasteiger partial charge in [0.15, 0.2) is 0 Å². The first-order valence-electron chi connectivity index (χ1n) is 6.52. The van der Waals surface area contributed by atoms with Gasteiger partial charge in [-0.25, -0.2) is 10.2 Å². The number of rotatable bonds is 5. The second-order valence-electron chi connectivity index (χ2n) is 4.44. The highest BCUT2D eigenvalue weighted by atomic mass is 79.9. The van der Waals surface area contributed by atoms with E-state index in [2.05, 4.69) is 26.5 Å². The van der Waals surface area contributed by atoms with Crippen LogP contribution >= 0.6 is 15.9 Å². The first-order valence-corrected chi connectivity index (χ1v) is 7.31. The maximum Gasteiger partial charge on any atom is 0.339 e. The number of carbonyl (C=O) groups is 2. The summed E-state index contributed by atoms with van der Waals surface area (Å²) in [6.45, 7) is 0. The zero-order valence-electron chi connectivity index (χ0n) is 12.1. The minimum absolute atomic E-state index is 0.0218. The Morgan fingerprint density at radius 1 is 1.22 bits per heavy atom. The normalized spacial score (nSPS) is 10.5. The number of methoxy groups -OCH3 is 1. The number of nitrogens with zero attached hydrogens (tertiary/aromatic N) is 1. The van der Waals surface area contributed by atoms with Gasteiger partial charge in [0.2, 0.25) is 0 Å². The molecular weight excluding hydrogens is 364 g/mol. The highest BCUT2D eigenvalue weighted by Crippen LogP contribution is 2.19. The van der Waals surface area contributed by atoms with Gasteiger partial charge in [-0.15, -0.1) is 0 Å². The third-order valence-corrected chi connectivity index (χ3v) is 3.64. The van der Waals surface area contributed by atoms with Crippen LogP contribution in [0.4, 0.5) is 0 Å². The predicted octanol–water partition coefficient (Wildman–Crippen LogP) is 2.92. The van der Waals surface area contributed by atoms with Crippen LogP contribution in [0, 0.1) is 0 Å². The lowest BCUT2D eigenvalue weighted by Crippen LogP contribution is -2.18. The standard InChI is InChI=1S/C16H13BrN2O4/c1-23-14-7-6-10(8-12(14)16(21)22)9-18-19-15(20)11-4-2-3-5-13(11)17/h2-9H,1H3,(H,19,20)(H,21,22)/b18-9-. The van der Waals surface area contributed by atoms with Crippen molar-refractivity contribution in [1.29, 1.82) is 0 Å². The molecular formula is C16H13BrN2O4. The van der Waals surface area contributed by atoms with Gasteiger partial charge in [-0.05, 0) is 51.8 Å². The van der Waals surface area contributed by atoms with Gasteiger partial charge in [-0.3, -0.25) is 4.79 Å². The first kappa shape index (κ1) is 16.7. The Labute approximate surface area is 140 Å². The van der Waals surface area contributed by atoms with E-state index in [9.17, 15) is 9.59 Å². The monoisotopic (exact) mass is 376 g/mol. The molecule has 0 aliphatic carbocycles. The number of benzene rings is 2. The molecule has 0 atom stereocenters. The molecule has 2 aromatic rings. The van der Waals surface area contributed by atoms with Crippen LogP contribution in [0.3, 0.4) is 0 Å². The van der Waals surface area contributed by atoms with Crippen LogP contribution in [0.5, 0.6) is 5.75 Å². The second-order valence-corrected chi connectivity index (χ2v) is 5.30. The van der Waals surface area contributed by atoms with Crippen molar-refractivity contribution in [3.05, 3.63) is 63.6 Å². The van der Waals surface area contributed by atoms with Crippen molar-refractivity contribution in [2.24, 2.45) is 5.10 Å². The van der Waals surface area contributed by atoms with E-state index in [1.54, 1.807) is 30.3 Å². The lowest BCUT2D eigenvalue weighted by Gasteiger charge is -2.05. The number of ether oxygens (including phenoxy) is 1. The molecule has 0 aliphatic heterocycles. The summed E-state index contributed by atoms with van der Waals surface area (Å²) in [5.74, 6) is -1.22. The van der Waals surface area contributed by atoms with Crippen LogP contribution in [-0.2, 0) is 0 Å². The summed E-state index contributed by atoms with van der Waals surface area (Å²) in [6, 6.07) is 11.5. The maximum atomic E-state index is 12.0. The maximum absolute atomic E-state index is 12.0. The van der Waals surface area contributed by atoms with Gasteiger partial charge < -0.3 is 9.84 Å². The Balaban J connectivity index is 2.12. The fraction of sp³-hybridized carbons (Fsp3) is 0.0625. The van der Waals surface area contributed by atoms with E-state index in [1.165, 1.54) is 25.5 Å². The fourth-order valence-electron chi connectivity index (χ4n) is 1.84. The third-order valence-electron chi connectivity index (χ3n) is 2.95. The molecule has 0 saturated heterocycles. The summed E-state index contributed by atoms with van der Waals surface area (Å²) < 4.78 is 5.63. The number of hydrogen-bond acceptors (Lipinski definition) is 4. The number of carboxylic acid groups (broad SMARTS) is 1. The Hall–Kier alpha value is -2.67. The highest BCUT2D eigenvalue weighted by Gasteiger charge is 2.11. The predicted molar refractivity (Wildman–Crippen MR) is 89.2 cm³/mol. The molecule has 0 radical (unpaired) electrons. The molecule has 6 nitrogen and oxygen atoms in total. The summed E-state index contributed by atoms with van der Waals surface area (Å²) in [6.07, 6.45) is 1.36. The van der Waals surface area contributed by atoms with Crippen LogP contribution in [0.15, 0.2) is 52.0 Å². The van der Waals surface area contributed by atoms with E-state index < -0.39 is 5.97 Å². The molecule has 0 saturated carbocycles. The number of halogens is 1. The average molecular weight is 377 g/mol. The van der Waals surface area contributed by atoms with E-state index in [4.69, 9.17) is 9.84 Å². The van der Waals surface area contributed by atoms with Gasteiger partial charge in [0.1, 0.15) is 11.3 Å². The van der Waals surface area contributed by atoms with E-state index in [0.717, 1.165) is 0 Å². The number of amides is 1. The zero-order chi connectivity index (χ0) is 16.8. The van der Waals surface area contributed by atoms with Gasteiger partial charge >= 0.3 is 5.97 Å².